The molecule has 394 valence electrons. The number of rotatable bonds is 12. The summed E-state index contributed by atoms with van der Waals surface area (Å²) in [6.45, 7) is 18.9. The molecular formula is C76H68CrSi4. The predicted molar refractivity (Wildman–Crippen MR) is 357 cm³/mol. The van der Waals surface area contributed by atoms with Crippen LogP contribution in [0, 0.1) is 26.2 Å². The Hall–Kier alpha value is -7.96. The minimum Gasteiger partial charge on any atom is -0.329 e. The molecule has 0 amide bonds. The molecule has 0 heterocycles. The molecule has 81 heavy (non-hydrogen) atoms. The Morgan fingerprint density at radius 2 is 0.185 bits per heavy atom. The van der Waals surface area contributed by atoms with Crippen LogP contribution in [0.3, 0.4) is 0 Å². The second-order valence-corrected chi connectivity index (χ2v) is 34.2. The monoisotopic (exact) mass is 1140 g/mol. The second-order valence-electron chi connectivity index (χ2n) is 20.0. The maximum absolute atomic E-state index is 4.72. The molecule has 0 atom stereocenters. The van der Waals surface area contributed by atoms with Crippen molar-refractivity contribution in [3.8, 4) is 0 Å². The molecule has 0 unspecified atom stereocenters. The molecule has 12 rings (SSSR count). The van der Waals surface area contributed by atoms with Crippen LogP contribution >= 0.6 is 0 Å². The van der Waals surface area contributed by atoms with E-state index in [1.54, 1.807) is 0 Å². The summed E-state index contributed by atoms with van der Waals surface area (Å²) in [5, 5.41) is 16.1. The van der Waals surface area contributed by atoms with Crippen molar-refractivity contribution in [2.24, 2.45) is 0 Å². The summed E-state index contributed by atoms with van der Waals surface area (Å²) in [7, 11) is -8.51. The van der Waals surface area contributed by atoms with Gasteiger partial charge in [-0.15, -0.1) is 0 Å². The Bertz CT molecular complexity index is 2760. The molecule has 0 nitrogen and oxygen atoms in total. The first-order chi connectivity index (χ1) is 39.3. The van der Waals surface area contributed by atoms with E-state index in [9.17, 15) is 0 Å². The Morgan fingerprint density at radius 3 is 0.247 bits per heavy atom. The summed E-state index contributed by atoms with van der Waals surface area (Å²) in [6, 6.07) is 128. The van der Waals surface area contributed by atoms with Crippen LogP contribution in [-0.2, 0) is 17.4 Å². The van der Waals surface area contributed by atoms with Crippen LogP contribution in [0.5, 0.6) is 0 Å². The van der Waals surface area contributed by atoms with E-state index in [0.717, 1.165) is 0 Å². The quantitative estimate of drug-likeness (QED) is 0.0650. The van der Waals surface area contributed by atoms with Crippen molar-refractivity contribution in [3.63, 3.8) is 0 Å². The van der Waals surface area contributed by atoms with E-state index in [2.05, 4.69) is 364 Å². The van der Waals surface area contributed by atoms with Crippen LogP contribution in [0.25, 0.3) is 0 Å². The molecule has 12 aromatic rings. The maximum atomic E-state index is 4.72. The first-order valence-electron chi connectivity index (χ1n) is 27.3. The first kappa shape index (κ1) is 59.2. The zero-order valence-corrected chi connectivity index (χ0v) is 51.2. The number of benzene rings is 12. The minimum absolute atomic E-state index is 0. The van der Waals surface area contributed by atoms with Gasteiger partial charge in [-0.25, -0.2) is 0 Å². The smallest absolute Gasteiger partial charge is 0.329 e. The number of hydrogen-bond acceptors (Lipinski definition) is 0. The van der Waals surface area contributed by atoms with Gasteiger partial charge < -0.3 is 26.2 Å². The van der Waals surface area contributed by atoms with Gasteiger partial charge in [0.25, 0.3) is 0 Å². The summed E-state index contributed by atoms with van der Waals surface area (Å²) in [4.78, 5) is 0. The molecular weight excluding hydrogens is 1080 g/mol. The van der Waals surface area contributed by atoms with Gasteiger partial charge in [0, 0.05) is 32.3 Å². The van der Waals surface area contributed by atoms with Crippen molar-refractivity contribution in [2.75, 3.05) is 0 Å². The fourth-order valence-corrected chi connectivity index (χ4v) is 23.8. The van der Waals surface area contributed by atoms with E-state index in [1.807, 2.05) is 0 Å². The summed E-state index contributed by atoms with van der Waals surface area (Å²) in [5.74, 6) is 0. The van der Waals surface area contributed by atoms with Crippen molar-refractivity contribution in [2.45, 2.75) is 0 Å². The van der Waals surface area contributed by atoms with Crippen molar-refractivity contribution in [1.82, 2.24) is 0 Å². The first-order valence-corrected chi connectivity index (χ1v) is 36.2. The Balaban J connectivity index is 0.000000141. The van der Waals surface area contributed by atoms with E-state index in [4.69, 9.17) is 26.2 Å². The van der Waals surface area contributed by atoms with Gasteiger partial charge in [0.2, 0.25) is 0 Å². The molecule has 5 heteroatoms. The Labute approximate surface area is 498 Å². The van der Waals surface area contributed by atoms with Gasteiger partial charge in [-0.3, -0.25) is 0 Å². The van der Waals surface area contributed by atoms with Gasteiger partial charge in [-0.05, 0) is 0 Å². The van der Waals surface area contributed by atoms with E-state index in [-0.39, 0.29) is 17.4 Å². The van der Waals surface area contributed by atoms with Gasteiger partial charge in [0.05, 0.1) is 0 Å². The summed E-state index contributed by atoms with van der Waals surface area (Å²) < 4.78 is 0. The van der Waals surface area contributed by atoms with Crippen LogP contribution in [0.15, 0.2) is 364 Å². The fraction of sp³-hybridized carbons (Fsp3) is 0. The van der Waals surface area contributed by atoms with E-state index >= 15 is 0 Å². The molecule has 0 saturated heterocycles. The molecule has 0 N–H and O–H groups in total. The Morgan fingerprint density at radius 1 is 0.123 bits per heavy atom. The molecule has 0 radical (unpaired) electrons. The van der Waals surface area contributed by atoms with Crippen molar-refractivity contribution >= 4 is 94.5 Å². The van der Waals surface area contributed by atoms with E-state index in [0.29, 0.717) is 0 Å². The third-order valence-electron chi connectivity index (χ3n) is 15.2. The molecule has 0 aliphatic heterocycles. The normalized spacial score (nSPS) is 11.1. The van der Waals surface area contributed by atoms with Crippen LogP contribution in [0.2, 0.25) is 0 Å². The average molecular weight is 1150 g/mol. The van der Waals surface area contributed by atoms with E-state index in [1.165, 1.54) is 62.2 Å². The zero-order chi connectivity index (χ0) is 55.4. The second kappa shape index (κ2) is 29.0. The van der Waals surface area contributed by atoms with Gasteiger partial charge in [-0.2, -0.15) is 0 Å². The minimum atomic E-state index is -2.13. The SMILES string of the molecule is [CH2-][Si](c1ccccc1)(c1ccccc1)c1ccccc1.[CH2-][Si](c1ccccc1)(c1ccccc1)c1ccccc1.[CH2-][Si](c1ccccc1)(c1ccccc1)c1ccccc1.[CH2-][Si](c1ccccc1)(c1ccccc1)c1ccccc1.[Cr+4]. The van der Waals surface area contributed by atoms with E-state index < -0.39 is 32.3 Å². The van der Waals surface area contributed by atoms with Crippen molar-refractivity contribution in [1.29, 1.82) is 0 Å². The van der Waals surface area contributed by atoms with Gasteiger partial charge in [0.15, 0.2) is 0 Å². The molecule has 0 aliphatic carbocycles. The van der Waals surface area contributed by atoms with Crippen LogP contribution in [0.1, 0.15) is 0 Å². The summed E-state index contributed by atoms with van der Waals surface area (Å²) in [6.07, 6.45) is 0. The molecule has 0 spiro atoms. The predicted octanol–water partition coefficient (Wildman–Crippen LogP) is 10.1. The number of hydrogen-bond donors (Lipinski definition) is 0. The van der Waals surface area contributed by atoms with Crippen LogP contribution in [0.4, 0.5) is 0 Å². The molecule has 0 aromatic heterocycles. The molecule has 0 bridgehead atoms. The third kappa shape index (κ3) is 13.8. The molecule has 12 aromatic carbocycles. The van der Waals surface area contributed by atoms with Crippen LogP contribution in [-0.4, -0.2) is 32.3 Å². The average Bonchev–Trinajstić information content (AvgIpc) is 3.63. The standard InChI is InChI=1S/4C19H17Si.Cr/c4*1-20(17-11-5-2-6-12-17,18-13-7-3-8-14-18)19-15-9-4-10-16-19;/h4*2-16H,1H2;/q4*-1;+4. The molecule has 0 saturated carbocycles. The topological polar surface area (TPSA) is 0 Å². The van der Waals surface area contributed by atoms with Crippen LogP contribution < -0.4 is 62.2 Å². The molecule has 0 aliphatic rings. The molecule has 0 fully saturated rings. The van der Waals surface area contributed by atoms with Gasteiger partial charge >= 0.3 is 17.4 Å². The summed E-state index contributed by atoms with van der Waals surface area (Å²) in [5.41, 5.74) is 0. The van der Waals surface area contributed by atoms with Gasteiger partial charge in [-0.1, -0.05) is 426 Å². The third-order valence-corrected chi connectivity index (χ3v) is 31.0. The zero-order valence-electron chi connectivity index (χ0n) is 45.9. The Kier molecular flexibility index (Phi) is 21.2. The largest absolute Gasteiger partial charge is 4.00 e. The maximum Gasteiger partial charge on any atom is 4.00 e. The fourth-order valence-electron chi connectivity index (χ4n) is 10.7. The summed E-state index contributed by atoms with van der Waals surface area (Å²) >= 11 is 0. The van der Waals surface area contributed by atoms with Gasteiger partial charge in [0.1, 0.15) is 0 Å². The van der Waals surface area contributed by atoms with Crippen molar-refractivity contribution in [3.05, 3.63) is 390 Å². The van der Waals surface area contributed by atoms with Crippen molar-refractivity contribution < 1.29 is 17.4 Å².